The summed E-state index contributed by atoms with van der Waals surface area (Å²) in [6.45, 7) is 2.13. The summed E-state index contributed by atoms with van der Waals surface area (Å²) >= 11 is 0. The van der Waals surface area contributed by atoms with Crippen molar-refractivity contribution in [1.82, 2.24) is 0 Å². The molecule has 0 rings (SSSR count). The monoisotopic (exact) mass is 672 g/mol. The number of phosphoric acid groups is 1. The Hall–Kier alpha value is -2.07. The van der Waals surface area contributed by atoms with Crippen molar-refractivity contribution < 1.29 is 47.8 Å². The fourth-order valence-corrected chi connectivity index (χ4v) is 4.97. The molecule has 0 fully saturated rings. The maximum Gasteiger partial charge on any atom is 0.472 e. The molecule has 266 valence electrons. The zero-order chi connectivity index (χ0) is 34.1. The lowest BCUT2D eigenvalue weighted by molar-refractivity contribution is -0.161. The number of hydrogen-bond donors (Lipinski definition) is 3. The third kappa shape index (κ3) is 30.6. The van der Waals surface area contributed by atoms with Crippen molar-refractivity contribution in [2.45, 2.75) is 135 Å². The summed E-state index contributed by atoms with van der Waals surface area (Å²) in [5.41, 5.74) is 0. The summed E-state index contributed by atoms with van der Waals surface area (Å²) in [4.78, 5) is 34.6. The van der Waals surface area contributed by atoms with E-state index in [1.807, 2.05) is 36.5 Å². The fraction of sp³-hybridized carbons (Fsp3) is 0.714. The minimum absolute atomic E-state index is 0.177. The molecule has 0 radical (unpaired) electrons. The van der Waals surface area contributed by atoms with Gasteiger partial charge in [-0.3, -0.25) is 18.6 Å². The lowest BCUT2D eigenvalue weighted by Crippen LogP contribution is -2.29. The van der Waals surface area contributed by atoms with Crippen LogP contribution >= 0.6 is 7.82 Å². The highest BCUT2D eigenvalue weighted by Crippen LogP contribution is 2.43. The van der Waals surface area contributed by atoms with E-state index in [-0.39, 0.29) is 19.4 Å². The van der Waals surface area contributed by atoms with E-state index in [2.05, 4.69) is 30.5 Å². The van der Waals surface area contributed by atoms with Crippen molar-refractivity contribution in [2.24, 2.45) is 0 Å². The van der Waals surface area contributed by atoms with Crippen LogP contribution in [-0.2, 0) is 32.7 Å². The standard InChI is InChI=1S/C35H61O10P/c1-3-5-7-9-11-13-14-15-16-17-18-19-21-22-24-26-34(38)42-30-33(31-44-46(40,41)43-29-32(37)28-36)45-35(39)27-25-23-20-12-10-8-6-4-2/h5,7,9,11,13-16,32-33,36-37H,3-4,6,8,10,12,17-31H2,1-2H3,(H,40,41)/b7-5+,11-9+,14-13+,16-15+/t32-,33+/m1/s1. The minimum atomic E-state index is -4.61. The van der Waals surface area contributed by atoms with E-state index in [1.165, 1.54) is 25.7 Å². The molecule has 0 heterocycles. The smallest absolute Gasteiger partial charge is 0.462 e. The molecule has 0 aromatic heterocycles. The minimum Gasteiger partial charge on any atom is -0.462 e. The number of aliphatic hydroxyl groups is 2. The van der Waals surface area contributed by atoms with Crippen LogP contribution < -0.4 is 0 Å². The van der Waals surface area contributed by atoms with Gasteiger partial charge < -0.3 is 24.6 Å². The number of carbonyl (C=O) groups is 2. The zero-order valence-corrected chi connectivity index (χ0v) is 29.2. The second-order valence-electron chi connectivity index (χ2n) is 11.3. The third-order valence-corrected chi connectivity index (χ3v) is 7.79. The van der Waals surface area contributed by atoms with Crippen molar-refractivity contribution in [3.05, 3.63) is 48.6 Å². The Bertz CT molecular complexity index is 915. The SMILES string of the molecule is CC/C=C/C=C/C=C/C=C/CCCCCCCC(=O)OC[C@@H](COP(=O)(O)OC[C@H](O)CO)OC(=O)CCCCCCCCCC. The molecule has 0 aromatic rings. The van der Waals surface area contributed by atoms with Crippen LogP contribution in [0.1, 0.15) is 123 Å². The van der Waals surface area contributed by atoms with Gasteiger partial charge in [0.25, 0.3) is 0 Å². The van der Waals surface area contributed by atoms with Crippen LogP contribution in [0, 0.1) is 0 Å². The molecule has 0 spiro atoms. The number of esters is 2. The van der Waals surface area contributed by atoms with Gasteiger partial charge in [-0.1, -0.05) is 127 Å². The van der Waals surface area contributed by atoms with Crippen LogP contribution in [0.3, 0.4) is 0 Å². The van der Waals surface area contributed by atoms with Crippen molar-refractivity contribution in [2.75, 3.05) is 26.4 Å². The second-order valence-corrected chi connectivity index (χ2v) is 12.7. The molecule has 0 aliphatic heterocycles. The van der Waals surface area contributed by atoms with Crippen LogP contribution in [0.2, 0.25) is 0 Å². The molecule has 3 atom stereocenters. The number of hydrogen-bond acceptors (Lipinski definition) is 9. The van der Waals surface area contributed by atoms with E-state index in [1.54, 1.807) is 0 Å². The molecule has 0 saturated heterocycles. The maximum absolute atomic E-state index is 12.4. The van der Waals surface area contributed by atoms with Crippen LogP contribution in [0.15, 0.2) is 48.6 Å². The highest BCUT2D eigenvalue weighted by molar-refractivity contribution is 7.47. The normalized spacial score (nSPS) is 14.8. The van der Waals surface area contributed by atoms with Gasteiger partial charge in [-0.2, -0.15) is 0 Å². The van der Waals surface area contributed by atoms with Gasteiger partial charge in [0, 0.05) is 12.8 Å². The van der Waals surface area contributed by atoms with Gasteiger partial charge in [-0.15, -0.1) is 0 Å². The predicted molar refractivity (Wildman–Crippen MR) is 182 cm³/mol. The quantitative estimate of drug-likeness (QED) is 0.0288. The van der Waals surface area contributed by atoms with E-state index in [0.717, 1.165) is 57.8 Å². The highest BCUT2D eigenvalue weighted by Gasteiger charge is 2.27. The van der Waals surface area contributed by atoms with E-state index in [0.29, 0.717) is 12.8 Å². The molecule has 10 nitrogen and oxygen atoms in total. The second kappa shape index (κ2) is 31.5. The number of phosphoric ester groups is 1. The van der Waals surface area contributed by atoms with Gasteiger partial charge in [0.2, 0.25) is 0 Å². The number of aliphatic hydroxyl groups excluding tert-OH is 2. The molecular formula is C35H61O10P. The number of ether oxygens (including phenoxy) is 2. The summed E-state index contributed by atoms with van der Waals surface area (Å²) in [7, 11) is -4.61. The van der Waals surface area contributed by atoms with Crippen LogP contribution in [0.4, 0.5) is 0 Å². The van der Waals surface area contributed by atoms with Gasteiger partial charge in [0.05, 0.1) is 19.8 Å². The first kappa shape index (κ1) is 43.9. The summed E-state index contributed by atoms with van der Waals surface area (Å²) in [6, 6.07) is 0. The summed E-state index contributed by atoms with van der Waals surface area (Å²) < 4.78 is 32.4. The van der Waals surface area contributed by atoms with Crippen LogP contribution in [0.25, 0.3) is 0 Å². The Kier molecular flexibility index (Phi) is 30.1. The first-order valence-corrected chi connectivity index (χ1v) is 18.6. The van der Waals surface area contributed by atoms with Crippen molar-refractivity contribution >= 4 is 19.8 Å². The number of allylic oxidation sites excluding steroid dienone is 8. The molecule has 11 heteroatoms. The van der Waals surface area contributed by atoms with Crippen molar-refractivity contribution in [3.8, 4) is 0 Å². The largest absolute Gasteiger partial charge is 0.472 e. The van der Waals surface area contributed by atoms with Crippen LogP contribution in [-0.4, -0.2) is 65.7 Å². The van der Waals surface area contributed by atoms with Gasteiger partial charge in [0.1, 0.15) is 12.7 Å². The Balaban J connectivity index is 4.43. The van der Waals surface area contributed by atoms with Gasteiger partial charge in [-0.05, 0) is 32.1 Å². The first-order valence-electron chi connectivity index (χ1n) is 17.1. The number of rotatable bonds is 31. The zero-order valence-electron chi connectivity index (χ0n) is 28.3. The van der Waals surface area contributed by atoms with Crippen molar-refractivity contribution in [1.29, 1.82) is 0 Å². The van der Waals surface area contributed by atoms with Gasteiger partial charge in [0.15, 0.2) is 6.10 Å². The molecule has 0 saturated carbocycles. The van der Waals surface area contributed by atoms with Gasteiger partial charge >= 0.3 is 19.8 Å². The molecule has 0 aromatic carbocycles. The Morgan fingerprint density at radius 1 is 0.674 bits per heavy atom. The Labute approximate surface area is 277 Å². The molecular weight excluding hydrogens is 611 g/mol. The van der Waals surface area contributed by atoms with E-state index in [4.69, 9.17) is 19.1 Å². The first-order chi connectivity index (χ1) is 22.2. The number of carbonyl (C=O) groups excluding carboxylic acids is 2. The Morgan fingerprint density at radius 3 is 1.80 bits per heavy atom. The predicted octanol–water partition coefficient (Wildman–Crippen LogP) is 7.82. The summed E-state index contributed by atoms with van der Waals surface area (Å²) in [6.07, 6.45) is 29.6. The molecule has 0 aliphatic carbocycles. The average Bonchev–Trinajstić information content (AvgIpc) is 3.04. The fourth-order valence-electron chi connectivity index (χ4n) is 4.18. The average molecular weight is 673 g/mol. The lowest BCUT2D eigenvalue weighted by Gasteiger charge is -2.20. The molecule has 0 aliphatic rings. The highest BCUT2D eigenvalue weighted by atomic mass is 31.2. The van der Waals surface area contributed by atoms with E-state index >= 15 is 0 Å². The molecule has 0 bridgehead atoms. The molecule has 46 heavy (non-hydrogen) atoms. The summed E-state index contributed by atoms with van der Waals surface area (Å²) in [5.74, 6) is -0.963. The molecule has 1 unspecified atom stereocenters. The summed E-state index contributed by atoms with van der Waals surface area (Å²) in [5, 5.41) is 18.2. The van der Waals surface area contributed by atoms with E-state index in [9.17, 15) is 24.2 Å². The number of unbranched alkanes of at least 4 members (excludes halogenated alkanes) is 12. The van der Waals surface area contributed by atoms with Gasteiger partial charge in [-0.25, -0.2) is 4.57 Å². The third-order valence-electron chi connectivity index (χ3n) is 6.84. The topological polar surface area (TPSA) is 149 Å². The molecule has 3 N–H and O–H groups in total. The van der Waals surface area contributed by atoms with Crippen molar-refractivity contribution in [3.63, 3.8) is 0 Å². The van der Waals surface area contributed by atoms with Crippen LogP contribution in [0.5, 0.6) is 0 Å². The van der Waals surface area contributed by atoms with E-state index < -0.39 is 51.8 Å². The molecule has 0 amide bonds. The lowest BCUT2D eigenvalue weighted by atomic mass is 10.1. The Morgan fingerprint density at radius 2 is 1.20 bits per heavy atom. The maximum atomic E-state index is 12.4.